The summed E-state index contributed by atoms with van der Waals surface area (Å²) >= 11 is 0. The smallest absolute Gasteiger partial charge is 0.258 e. The lowest BCUT2D eigenvalue weighted by Crippen LogP contribution is -2.15. The van der Waals surface area contributed by atoms with Crippen LogP contribution in [0.2, 0.25) is 0 Å². The van der Waals surface area contributed by atoms with Gasteiger partial charge in [0.1, 0.15) is 5.82 Å². The fraction of sp³-hybridized carbons (Fsp3) is 0.250. The number of hydrogen-bond donors (Lipinski definition) is 2. The third kappa shape index (κ3) is 3.70. The maximum atomic E-state index is 12.0. The molecule has 2 aromatic heterocycles. The minimum Gasteiger partial charge on any atom is -0.370 e. The number of aromatic nitrogens is 4. The van der Waals surface area contributed by atoms with Gasteiger partial charge < -0.3 is 5.32 Å². The highest BCUT2D eigenvalue weighted by Gasteiger charge is 2.08. The standard InChI is InChI=1S/C12H14N6O/c1-2-4-13-10-8-9(3-5-14-10)11(19)17-12-15-6-7-16-18-12/h3,5-8H,2,4H2,1H3,(H,13,14)(H,15,17,18,19). The van der Waals surface area contributed by atoms with Crippen molar-refractivity contribution in [1.29, 1.82) is 0 Å². The van der Waals surface area contributed by atoms with Crippen molar-refractivity contribution < 1.29 is 4.79 Å². The van der Waals surface area contributed by atoms with Gasteiger partial charge in [0.25, 0.3) is 5.91 Å². The molecule has 0 saturated carbocycles. The Morgan fingerprint density at radius 3 is 2.89 bits per heavy atom. The van der Waals surface area contributed by atoms with Gasteiger partial charge in [-0.05, 0) is 18.6 Å². The zero-order valence-electron chi connectivity index (χ0n) is 10.5. The molecule has 2 rings (SSSR count). The number of amides is 1. The first-order valence-corrected chi connectivity index (χ1v) is 5.94. The van der Waals surface area contributed by atoms with Crippen molar-refractivity contribution in [1.82, 2.24) is 20.2 Å². The Morgan fingerprint density at radius 1 is 1.26 bits per heavy atom. The summed E-state index contributed by atoms with van der Waals surface area (Å²) in [6, 6.07) is 3.31. The van der Waals surface area contributed by atoms with Crippen molar-refractivity contribution in [3.8, 4) is 0 Å². The Bertz CT molecular complexity index is 545. The van der Waals surface area contributed by atoms with Crippen LogP contribution in [0.4, 0.5) is 11.8 Å². The summed E-state index contributed by atoms with van der Waals surface area (Å²) < 4.78 is 0. The van der Waals surface area contributed by atoms with E-state index in [0.717, 1.165) is 13.0 Å². The predicted octanol–water partition coefficient (Wildman–Crippen LogP) is 1.34. The average Bonchev–Trinajstić information content (AvgIpc) is 2.46. The van der Waals surface area contributed by atoms with E-state index in [4.69, 9.17) is 0 Å². The second kappa shape index (κ2) is 6.39. The van der Waals surface area contributed by atoms with E-state index < -0.39 is 0 Å². The van der Waals surface area contributed by atoms with Crippen LogP contribution in [0.15, 0.2) is 30.7 Å². The Balaban J connectivity index is 2.06. The first kappa shape index (κ1) is 12.9. The monoisotopic (exact) mass is 258 g/mol. The molecule has 0 radical (unpaired) electrons. The molecule has 7 nitrogen and oxygen atoms in total. The number of rotatable bonds is 5. The third-order valence-corrected chi connectivity index (χ3v) is 2.29. The van der Waals surface area contributed by atoms with E-state index in [0.29, 0.717) is 11.4 Å². The van der Waals surface area contributed by atoms with Crippen LogP contribution in [0.3, 0.4) is 0 Å². The van der Waals surface area contributed by atoms with E-state index in [-0.39, 0.29) is 11.9 Å². The quantitative estimate of drug-likeness (QED) is 0.840. The maximum absolute atomic E-state index is 12.0. The van der Waals surface area contributed by atoms with Gasteiger partial charge in [-0.15, -0.1) is 5.10 Å². The molecule has 0 aliphatic rings. The second-order valence-electron chi connectivity index (χ2n) is 3.78. The third-order valence-electron chi connectivity index (χ3n) is 2.29. The molecule has 0 aliphatic heterocycles. The van der Waals surface area contributed by atoms with Crippen LogP contribution in [0, 0.1) is 0 Å². The molecule has 2 N–H and O–H groups in total. The van der Waals surface area contributed by atoms with Gasteiger partial charge in [-0.2, -0.15) is 5.10 Å². The van der Waals surface area contributed by atoms with E-state index in [1.54, 1.807) is 18.3 Å². The summed E-state index contributed by atoms with van der Waals surface area (Å²) in [7, 11) is 0. The molecule has 0 unspecified atom stereocenters. The number of nitrogens with one attached hydrogen (secondary N) is 2. The van der Waals surface area contributed by atoms with Gasteiger partial charge in [-0.25, -0.2) is 9.97 Å². The molecular weight excluding hydrogens is 244 g/mol. The molecule has 0 aliphatic carbocycles. The molecule has 0 aromatic carbocycles. The number of pyridine rings is 1. The number of hydrogen-bond acceptors (Lipinski definition) is 6. The SMILES string of the molecule is CCCNc1cc(C(=O)Nc2nccnn2)ccn1. The van der Waals surface area contributed by atoms with Gasteiger partial charge in [-0.1, -0.05) is 6.92 Å². The van der Waals surface area contributed by atoms with Crippen LogP contribution in [0.25, 0.3) is 0 Å². The van der Waals surface area contributed by atoms with Crippen molar-refractivity contribution in [2.24, 2.45) is 0 Å². The van der Waals surface area contributed by atoms with Crippen LogP contribution in [-0.4, -0.2) is 32.6 Å². The molecule has 7 heteroatoms. The van der Waals surface area contributed by atoms with E-state index in [9.17, 15) is 4.79 Å². The minimum absolute atomic E-state index is 0.173. The van der Waals surface area contributed by atoms with E-state index in [1.165, 1.54) is 12.4 Å². The van der Waals surface area contributed by atoms with Gasteiger partial charge in [0, 0.05) is 18.3 Å². The van der Waals surface area contributed by atoms with Gasteiger partial charge >= 0.3 is 0 Å². The summed E-state index contributed by atoms with van der Waals surface area (Å²) in [5, 5.41) is 13.0. The summed E-state index contributed by atoms with van der Waals surface area (Å²) in [6.45, 7) is 2.87. The van der Waals surface area contributed by atoms with Crippen molar-refractivity contribution in [2.75, 3.05) is 17.2 Å². The van der Waals surface area contributed by atoms with Crippen molar-refractivity contribution in [3.63, 3.8) is 0 Å². The first-order valence-electron chi connectivity index (χ1n) is 5.94. The lowest BCUT2D eigenvalue weighted by molar-refractivity contribution is 0.102. The van der Waals surface area contributed by atoms with Crippen LogP contribution >= 0.6 is 0 Å². The molecule has 0 fully saturated rings. The number of carbonyl (C=O) groups excluding carboxylic acids is 1. The van der Waals surface area contributed by atoms with Gasteiger partial charge in [-0.3, -0.25) is 10.1 Å². The molecule has 19 heavy (non-hydrogen) atoms. The van der Waals surface area contributed by atoms with Crippen LogP contribution in [0.1, 0.15) is 23.7 Å². The first-order chi connectivity index (χ1) is 9.29. The molecule has 2 heterocycles. The number of anilines is 2. The van der Waals surface area contributed by atoms with Crippen molar-refractivity contribution in [2.45, 2.75) is 13.3 Å². The van der Waals surface area contributed by atoms with Crippen LogP contribution in [0.5, 0.6) is 0 Å². The van der Waals surface area contributed by atoms with Crippen molar-refractivity contribution in [3.05, 3.63) is 36.3 Å². The average molecular weight is 258 g/mol. The van der Waals surface area contributed by atoms with E-state index in [2.05, 4.69) is 37.7 Å². The summed E-state index contributed by atoms with van der Waals surface area (Å²) in [5.74, 6) is 0.545. The normalized spacial score (nSPS) is 9.95. The molecular formula is C12H14N6O. The van der Waals surface area contributed by atoms with E-state index >= 15 is 0 Å². The highest BCUT2D eigenvalue weighted by molar-refractivity contribution is 6.03. The van der Waals surface area contributed by atoms with Crippen molar-refractivity contribution >= 4 is 17.7 Å². The van der Waals surface area contributed by atoms with Crippen LogP contribution in [-0.2, 0) is 0 Å². The summed E-state index contributed by atoms with van der Waals surface area (Å²) in [4.78, 5) is 20.0. The molecule has 0 saturated heterocycles. The van der Waals surface area contributed by atoms with E-state index in [1.807, 2.05) is 0 Å². The summed E-state index contributed by atoms with van der Waals surface area (Å²) in [5.41, 5.74) is 0.487. The van der Waals surface area contributed by atoms with Gasteiger partial charge in [0.2, 0.25) is 5.95 Å². The predicted molar refractivity (Wildman–Crippen MR) is 70.8 cm³/mol. The van der Waals surface area contributed by atoms with Gasteiger partial charge in [0.15, 0.2) is 0 Å². The zero-order valence-corrected chi connectivity index (χ0v) is 10.5. The maximum Gasteiger partial charge on any atom is 0.258 e. The Labute approximate surface area is 110 Å². The molecule has 98 valence electrons. The molecule has 0 spiro atoms. The Hall–Kier alpha value is -2.57. The fourth-order valence-electron chi connectivity index (χ4n) is 1.40. The lowest BCUT2D eigenvalue weighted by atomic mass is 10.2. The summed E-state index contributed by atoms with van der Waals surface area (Å²) in [6.07, 6.45) is 5.47. The minimum atomic E-state index is -0.296. The fourth-order valence-corrected chi connectivity index (χ4v) is 1.40. The topological polar surface area (TPSA) is 92.7 Å². The van der Waals surface area contributed by atoms with Gasteiger partial charge in [0.05, 0.1) is 12.4 Å². The molecule has 0 bridgehead atoms. The number of nitrogens with zero attached hydrogens (tertiary/aromatic N) is 4. The molecule has 1 amide bonds. The largest absolute Gasteiger partial charge is 0.370 e. The molecule has 0 atom stereocenters. The Morgan fingerprint density at radius 2 is 2.16 bits per heavy atom. The second-order valence-corrected chi connectivity index (χ2v) is 3.78. The lowest BCUT2D eigenvalue weighted by Gasteiger charge is -2.06. The number of carbonyl (C=O) groups is 1. The Kier molecular flexibility index (Phi) is 4.33. The zero-order chi connectivity index (χ0) is 13.5. The highest BCUT2D eigenvalue weighted by atomic mass is 16.1. The van der Waals surface area contributed by atoms with Crippen LogP contribution < -0.4 is 10.6 Å². The highest BCUT2D eigenvalue weighted by Crippen LogP contribution is 2.08. The molecule has 2 aromatic rings.